The van der Waals surface area contributed by atoms with Gasteiger partial charge < -0.3 is 10.6 Å². The molecule has 1 aliphatic heterocycles. The number of nitrogens with zero attached hydrogens (tertiary/aromatic N) is 2. The van der Waals surface area contributed by atoms with E-state index in [1.165, 1.54) is 6.07 Å². The third-order valence-corrected chi connectivity index (χ3v) is 3.97. The van der Waals surface area contributed by atoms with E-state index in [0.29, 0.717) is 4.47 Å². The van der Waals surface area contributed by atoms with Crippen LogP contribution in [0.3, 0.4) is 0 Å². The van der Waals surface area contributed by atoms with Crippen molar-refractivity contribution in [3.05, 3.63) is 44.5 Å². The zero-order valence-corrected chi connectivity index (χ0v) is 12.2. The second-order valence-corrected chi connectivity index (χ2v) is 5.56. The molecule has 3 rings (SSSR count). The van der Waals surface area contributed by atoms with Gasteiger partial charge in [-0.15, -0.1) is 0 Å². The van der Waals surface area contributed by atoms with E-state index >= 15 is 0 Å². The van der Waals surface area contributed by atoms with Crippen molar-refractivity contribution in [1.82, 2.24) is 15.6 Å². The Morgan fingerprint density at radius 1 is 1.35 bits per heavy atom. The number of nitro benzene ring substituents is 1. The quantitative estimate of drug-likeness (QED) is 0.648. The first-order chi connectivity index (χ1) is 9.65. The lowest BCUT2D eigenvalue weighted by Gasteiger charge is -2.24. The Morgan fingerprint density at radius 3 is 2.90 bits per heavy atom. The van der Waals surface area contributed by atoms with Gasteiger partial charge in [-0.2, -0.15) is 0 Å². The van der Waals surface area contributed by atoms with E-state index in [9.17, 15) is 10.1 Å². The molecule has 7 heteroatoms. The highest BCUT2D eigenvalue weighted by Crippen LogP contribution is 2.29. The number of halogens is 1. The fourth-order valence-corrected chi connectivity index (χ4v) is 2.91. The second-order valence-electron chi connectivity index (χ2n) is 4.70. The Balaban J connectivity index is 2.04. The van der Waals surface area contributed by atoms with Gasteiger partial charge in [0.1, 0.15) is 0 Å². The molecule has 1 unspecified atom stereocenters. The highest BCUT2D eigenvalue weighted by molar-refractivity contribution is 9.10. The van der Waals surface area contributed by atoms with Gasteiger partial charge in [0, 0.05) is 37.2 Å². The molecular weight excluding hydrogens is 324 g/mol. The molecule has 1 aromatic heterocycles. The molecule has 1 saturated heterocycles. The molecule has 2 aromatic rings. The molecule has 1 fully saturated rings. The summed E-state index contributed by atoms with van der Waals surface area (Å²) >= 11 is 3.37. The van der Waals surface area contributed by atoms with E-state index in [1.807, 2.05) is 12.1 Å². The summed E-state index contributed by atoms with van der Waals surface area (Å²) < 4.78 is 0.646. The zero-order chi connectivity index (χ0) is 14.1. The molecule has 1 aromatic carbocycles. The normalized spacial score (nSPS) is 19.1. The summed E-state index contributed by atoms with van der Waals surface area (Å²) in [5, 5.41) is 18.3. The van der Waals surface area contributed by atoms with Crippen LogP contribution in [0.5, 0.6) is 0 Å². The minimum absolute atomic E-state index is 0.0661. The summed E-state index contributed by atoms with van der Waals surface area (Å²) in [6.45, 7) is 2.70. The number of nitro groups is 1. The first-order valence-electron chi connectivity index (χ1n) is 6.34. The van der Waals surface area contributed by atoms with Gasteiger partial charge >= 0.3 is 0 Å². The number of pyridine rings is 1. The minimum Gasteiger partial charge on any atom is -0.314 e. The number of nitrogens with one attached hydrogen (secondary N) is 2. The summed E-state index contributed by atoms with van der Waals surface area (Å²) in [7, 11) is 0. The molecule has 0 saturated carbocycles. The lowest BCUT2D eigenvalue weighted by molar-refractivity contribution is -0.384. The summed E-state index contributed by atoms with van der Waals surface area (Å²) in [5.74, 6) is 0. The van der Waals surface area contributed by atoms with E-state index in [0.717, 1.165) is 36.2 Å². The van der Waals surface area contributed by atoms with Crippen LogP contribution in [0.4, 0.5) is 5.69 Å². The number of piperazine rings is 1. The molecular formula is C13H13BrN4O2. The Morgan fingerprint density at radius 2 is 2.20 bits per heavy atom. The van der Waals surface area contributed by atoms with Gasteiger partial charge in [0.15, 0.2) is 0 Å². The molecule has 2 N–H and O–H groups in total. The van der Waals surface area contributed by atoms with Crippen molar-refractivity contribution in [2.24, 2.45) is 0 Å². The van der Waals surface area contributed by atoms with Gasteiger partial charge in [-0.25, -0.2) is 4.98 Å². The number of rotatable bonds is 2. The number of benzene rings is 1. The van der Waals surface area contributed by atoms with Crippen LogP contribution < -0.4 is 10.6 Å². The Labute approximate surface area is 123 Å². The van der Waals surface area contributed by atoms with E-state index < -0.39 is 4.92 Å². The molecule has 1 atom stereocenters. The van der Waals surface area contributed by atoms with Crippen molar-refractivity contribution >= 4 is 32.5 Å². The van der Waals surface area contributed by atoms with Gasteiger partial charge in [0.25, 0.3) is 5.69 Å². The highest BCUT2D eigenvalue weighted by Gasteiger charge is 2.17. The van der Waals surface area contributed by atoms with Crippen LogP contribution >= 0.6 is 15.9 Å². The van der Waals surface area contributed by atoms with Crippen LogP contribution in [0.15, 0.2) is 28.7 Å². The largest absolute Gasteiger partial charge is 0.314 e. The molecule has 0 amide bonds. The smallest absolute Gasteiger partial charge is 0.271 e. The predicted octanol–water partition coefficient (Wildman–Crippen LogP) is 2.14. The molecule has 0 bridgehead atoms. The predicted molar refractivity (Wildman–Crippen MR) is 79.7 cm³/mol. The topological polar surface area (TPSA) is 80.1 Å². The highest BCUT2D eigenvalue weighted by atomic mass is 79.9. The number of fused-ring (bicyclic) bond motifs is 1. The average molecular weight is 337 g/mol. The van der Waals surface area contributed by atoms with Crippen molar-refractivity contribution in [1.29, 1.82) is 0 Å². The SMILES string of the molecule is O=[N+]([O-])c1cc(Br)c2nc(C3CNCCN3)ccc2c1. The monoisotopic (exact) mass is 336 g/mol. The summed E-state index contributed by atoms with van der Waals surface area (Å²) in [5.41, 5.74) is 1.76. The second kappa shape index (κ2) is 5.43. The van der Waals surface area contributed by atoms with E-state index in [2.05, 4.69) is 31.5 Å². The molecule has 0 spiro atoms. The third kappa shape index (κ3) is 2.52. The van der Waals surface area contributed by atoms with Gasteiger partial charge in [-0.1, -0.05) is 6.07 Å². The van der Waals surface area contributed by atoms with Crippen molar-refractivity contribution in [3.63, 3.8) is 0 Å². The van der Waals surface area contributed by atoms with E-state index in [1.54, 1.807) is 6.07 Å². The van der Waals surface area contributed by atoms with E-state index in [-0.39, 0.29) is 11.7 Å². The average Bonchev–Trinajstić information content (AvgIpc) is 2.47. The van der Waals surface area contributed by atoms with Crippen LogP contribution in [0.1, 0.15) is 11.7 Å². The van der Waals surface area contributed by atoms with Crippen molar-refractivity contribution in [3.8, 4) is 0 Å². The number of aromatic nitrogens is 1. The first-order valence-corrected chi connectivity index (χ1v) is 7.13. The third-order valence-electron chi connectivity index (χ3n) is 3.36. The zero-order valence-electron chi connectivity index (χ0n) is 10.6. The molecule has 0 radical (unpaired) electrons. The first kappa shape index (κ1) is 13.4. The van der Waals surface area contributed by atoms with Crippen LogP contribution in [0.25, 0.3) is 10.9 Å². The summed E-state index contributed by atoms with van der Waals surface area (Å²) in [6.07, 6.45) is 0. The standard InChI is InChI=1S/C13H13BrN4O2/c14-10-6-9(18(19)20)5-8-1-2-11(17-13(8)10)12-7-15-3-4-16-12/h1-2,5-6,12,15-16H,3-4,7H2. The van der Waals surface area contributed by atoms with Crippen LogP contribution in [0, 0.1) is 10.1 Å². The maximum atomic E-state index is 10.9. The van der Waals surface area contributed by atoms with Crippen molar-refractivity contribution in [2.45, 2.75) is 6.04 Å². The van der Waals surface area contributed by atoms with Crippen LogP contribution in [-0.2, 0) is 0 Å². The molecule has 6 nitrogen and oxygen atoms in total. The number of hydrogen-bond donors (Lipinski definition) is 2. The Kier molecular flexibility index (Phi) is 3.64. The molecule has 20 heavy (non-hydrogen) atoms. The van der Waals surface area contributed by atoms with E-state index in [4.69, 9.17) is 0 Å². The van der Waals surface area contributed by atoms with Crippen molar-refractivity contribution < 1.29 is 4.92 Å². The fourth-order valence-electron chi connectivity index (χ4n) is 2.35. The van der Waals surface area contributed by atoms with Gasteiger partial charge in [0.2, 0.25) is 0 Å². The molecule has 1 aliphatic rings. The Hall–Kier alpha value is -1.57. The van der Waals surface area contributed by atoms with Crippen molar-refractivity contribution in [2.75, 3.05) is 19.6 Å². The van der Waals surface area contributed by atoms with Crippen LogP contribution in [0.2, 0.25) is 0 Å². The lowest BCUT2D eigenvalue weighted by Crippen LogP contribution is -2.42. The summed E-state index contributed by atoms with van der Waals surface area (Å²) in [6, 6.07) is 7.01. The minimum atomic E-state index is -0.398. The number of non-ortho nitro benzene ring substituents is 1. The fraction of sp³-hybridized carbons (Fsp3) is 0.308. The molecule has 2 heterocycles. The van der Waals surface area contributed by atoms with Gasteiger partial charge in [-0.05, 0) is 22.0 Å². The molecule has 0 aliphatic carbocycles. The van der Waals surface area contributed by atoms with Gasteiger partial charge in [-0.3, -0.25) is 10.1 Å². The molecule has 104 valence electrons. The lowest BCUT2D eigenvalue weighted by atomic mass is 10.1. The maximum Gasteiger partial charge on any atom is 0.271 e. The number of hydrogen-bond acceptors (Lipinski definition) is 5. The van der Waals surface area contributed by atoms with Gasteiger partial charge in [0.05, 0.1) is 26.6 Å². The maximum absolute atomic E-state index is 10.9. The van der Waals surface area contributed by atoms with Crippen LogP contribution in [-0.4, -0.2) is 29.5 Å². The Bertz CT molecular complexity index is 671. The summed E-state index contributed by atoms with van der Waals surface area (Å²) in [4.78, 5) is 15.1.